The van der Waals surface area contributed by atoms with Crippen LogP contribution in [0.3, 0.4) is 0 Å². The normalized spacial score (nSPS) is 24.0. The van der Waals surface area contributed by atoms with E-state index in [0.717, 1.165) is 12.8 Å². The van der Waals surface area contributed by atoms with Gasteiger partial charge in [0.05, 0.1) is 29.5 Å². The van der Waals surface area contributed by atoms with Gasteiger partial charge in [-0.05, 0) is 61.2 Å². The van der Waals surface area contributed by atoms with Crippen LogP contribution in [0.2, 0.25) is 0 Å². The van der Waals surface area contributed by atoms with E-state index in [-0.39, 0.29) is 73.5 Å². The third-order valence-electron chi connectivity index (χ3n) is 9.30. The summed E-state index contributed by atoms with van der Waals surface area (Å²) in [6.07, 6.45) is -1.32. The van der Waals surface area contributed by atoms with E-state index in [2.05, 4.69) is 41.2 Å². The summed E-state index contributed by atoms with van der Waals surface area (Å²) in [6, 6.07) is -1.25. The van der Waals surface area contributed by atoms with E-state index in [1.54, 1.807) is 12.3 Å². The van der Waals surface area contributed by atoms with Gasteiger partial charge < -0.3 is 15.1 Å². The van der Waals surface area contributed by atoms with E-state index >= 15 is 0 Å². The second-order valence-electron chi connectivity index (χ2n) is 12.9. The number of nitrogens with zero attached hydrogens (tertiary/aromatic N) is 7. The Morgan fingerprint density at radius 3 is 2.57 bits per heavy atom. The SMILES string of the molecule is Cc1nnc(C[C@]2(Cc3cnn4cc([C@@H](NC(=O)c5nonc5C5CC5)C5CCC(F)(F)CC5)nc4c3)C[C@@H](C(F)(F)F)NC2=O)o1. The van der Waals surface area contributed by atoms with Gasteiger partial charge in [-0.3, -0.25) is 9.59 Å². The molecule has 0 unspecified atom stereocenters. The van der Waals surface area contributed by atoms with Crippen LogP contribution in [-0.2, 0) is 17.6 Å². The lowest BCUT2D eigenvalue weighted by Crippen LogP contribution is -2.39. The second-order valence-corrected chi connectivity index (χ2v) is 12.9. The molecule has 3 aliphatic rings. The molecule has 250 valence electrons. The number of aryl methyl sites for hydroxylation is 1. The Morgan fingerprint density at radius 2 is 1.91 bits per heavy atom. The Kier molecular flexibility index (Phi) is 7.50. The number of hydrogen-bond acceptors (Lipinski definition) is 10. The molecule has 4 aromatic heterocycles. The van der Waals surface area contributed by atoms with Crippen molar-refractivity contribution in [3.8, 4) is 0 Å². The highest BCUT2D eigenvalue weighted by atomic mass is 19.4. The van der Waals surface area contributed by atoms with E-state index in [4.69, 9.17) is 9.05 Å². The van der Waals surface area contributed by atoms with Gasteiger partial charge in [0, 0.05) is 32.1 Å². The lowest BCUT2D eigenvalue weighted by atomic mass is 9.76. The van der Waals surface area contributed by atoms with Crippen molar-refractivity contribution in [2.24, 2.45) is 11.3 Å². The van der Waals surface area contributed by atoms with Crippen LogP contribution in [0.5, 0.6) is 0 Å². The molecule has 0 bridgehead atoms. The van der Waals surface area contributed by atoms with Gasteiger partial charge in [-0.2, -0.15) is 18.3 Å². The number of carbonyl (C=O) groups is 2. The van der Waals surface area contributed by atoms with E-state index < -0.39 is 47.8 Å². The molecule has 1 aliphatic heterocycles. The molecule has 2 saturated carbocycles. The molecular formula is C29H30F5N9O4. The summed E-state index contributed by atoms with van der Waals surface area (Å²) in [5.41, 5.74) is -0.0145. The van der Waals surface area contributed by atoms with Crippen LogP contribution in [0.4, 0.5) is 22.0 Å². The molecule has 2 N–H and O–H groups in total. The van der Waals surface area contributed by atoms with Crippen molar-refractivity contribution < 1.29 is 40.6 Å². The number of carbonyl (C=O) groups excluding carboxylic acids is 2. The topological polar surface area (TPSA) is 166 Å². The predicted molar refractivity (Wildman–Crippen MR) is 148 cm³/mol. The molecule has 4 aromatic rings. The molecule has 18 heteroatoms. The fraction of sp³-hybridized carbons (Fsp3) is 0.586. The maximum atomic E-state index is 14.1. The number of aromatic nitrogens is 7. The third kappa shape index (κ3) is 6.28. The number of rotatable bonds is 9. The molecule has 13 nitrogen and oxygen atoms in total. The van der Waals surface area contributed by atoms with Gasteiger partial charge in [0.15, 0.2) is 11.3 Å². The van der Waals surface area contributed by atoms with E-state index in [0.29, 0.717) is 17.0 Å². The Hall–Kier alpha value is -4.51. The summed E-state index contributed by atoms with van der Waals surface area (Å²) in [6.45, 7) is 1.54. The second kappa shape index (κ2) is 11.3. The van der Waals surface area contributed by atoms with Crippen LogP contribution < -0.4 is 10.6 Å². The summed E-state index contributed by atoms with van der Waals surface area (Å²) in [4.78, 5) is 31.2. The summed E-state index contributed by atoms with van der Waals surface area (Å²) >= 11 is 0. The Bertz CT molecular complexity index is 1810. The lowest BCUT2D eigenvalue weighted by molar-refractivity contribution is -0.155. The highest BCUT2D eigenvalue weighted by molar-refractivity contribution is 5.93. The van der Waals surface area contributed by atoms with Crippen molar-refractivity contribution in [1.82, 2.24) is 45.7 Å². The van der Waals surface area contributed by atoms with Gasteiger partial charge in [0.25, 0.3) is 5.91 Å². The van der Waals surface area contributed by atoms with E-state index in [1.165, 1.54) is 17.6 Å². The zero-order valence-electron chi connectivity index (χ0n) is 25.1. The van der Waals surface area contributed by atoms with Crippen LogP contribution in [0, 0.1) is 18.3 Å². The first kappa shape index (κ1) is 31.1. The monoisotopic (exact) mass is 663 g/mol. The zero-order chi connectivity index (χ0) is 33.1. The number of hydrogen-bond donors (Lipinski definition) is 2. The Labute approximate surface area is 263 Å². The van der Waals surface area contributed by atoms with Crippen LogP contribution in [-0.4, -0.2) is 65.1 Å². The fourth-order valence-corrected chi connectivity index (χ4v) is 6.70. The number of imidazole rings is 1. The van der Waals surface area contributed by atoms with Crippen molar-refractivity contribution in [3.05, 3.63) is 52.9 Å². The standard InChI is InChI=1S/C29H30F5N9O4/c1-14-39-40-21(46-14)11-27(10-19(29(32,33)34)37-26(27)45)9-15-8-20-36-18(13-43(20)35-12-15)22(17-4-6-28(30,31)7-5-17)38-25(44)24-23(16-2-3-16)41-47-42-24/h8,12-13,16-17,19,22H,2-7,9-11H2,1H3,(H,37,45)(H,38,44)/t19-,22-,27-/m0/s1. The first-order valence-corrected chi connectivity index (χ1v) is 15.3. The molecule has 2 amide bonds. The average Bonchev–Trinajstić information content (AvgIpc) is 3.31. The van der Waals surface area contributed by atoms with Crippen LogP contribution >= 0.6 is 0 Å². The van der Waals surface area contributed by atoms with Crippen LogP contribution in [0.15, 0.2) is 27.5 Å². The Balaban J connectivity index is 1.18. The van der Waals surface area contributed by atoms with Crippen molar-refractivity contribution in [3.63, 3.8) is 0 Å². The van der Waals surface area contributed by atoms with Gasteiger partial charge in [-0.25, -0.2) is 22.9 Å². The maximum absolute atomic E-state index is 14.1. The van der Waals surface area contributed by atoms with Crippen molar-refractivity contribution in [2.75, 3.05) is 0 Å². The van der Waals surface area contributed by atoms with Crippen molar-refractivity contribution >= 4 is 17.5 Å². The molecule has 0 aromatic carbocycles. The van der Waals surface area contributed by atoms with E-state index in [1.807, 2.05) is 0 Å². The minimum atomic E-state index is -4.66. The Morgan fingerprint density at radius 1 is 1.15 bits per heavy atom. The molecular weight excluding hydrogens is 633 g/mol. The number of fused-ring (bicyclic) bond motifs is 1. The molecule has 1 saturated heterocycles. The third-order valence-corrected chi connectivity index (χ3v) is 9.30. The number of nitrogens with one attached hydrogen (secondary N) is 2. The van der Waals surface area contributed by atoms with Crippen molar-refractivity contribution in [2.45, 2.75) is 94.8 Å². The van der Waals surface area contributed by atoms with Gasteiger partial charge in [-0.1, -0.05) is 5.16 Å². The molecule has 7 rings (SSSR count). The molecule has 5 heterocycles. The zero-order valence-corrected chi connectivity index (χ0v) is 25.1. The number of halogens is 5. The minimum absolute atomic E-state index is 0.0291. The maximum Gasteiger partial charge on any atom is 0.408 e. The molecule has 3 atom stereocenters. The summed E-state index contributed by atoms with van der Waals surface area (Å²) in [5, 5.41) is 24.7. The fourth-order valence-electron chi connectivity index (χ4n) is 6.70. The van der Waals surface area contributed by atoms with Gasteiger partial charge in [-0.15, -0.1) is 10.2 Å². The van der Waals surface area contributed by atoms with E-state index in [9.17, 15) is 31.5 Å². The molecule has 0 radical (unpaired) electrons. The first-order valence-electron chi connectivity index (χ1n) is 15.3. The first-order chi connectivity index (χ1) is 22.3. The van der Waals surface area contributed by atoms with Crippen molar-refractivity contribution in [1.29, 1.82) is 0 Å². The summed E-state index contributed by atoms with van der Waals surface area (Å²) in [7, 11) is 0. The average molecular weight is 664 g/mol. The van der Waals surface area contributed by atoms with Crippen LogP contribution in [0.1, 0.15) is 96.1 Å². The highest BCUT2D eigenvalue weighted by Gasteiger charge is 2.56. The molecule has 0 spiro atoms. The molecule has 2 aliphatic carbocycles. The smallest absolute Gasteiger partial charge is 0.408 e. The number of alkyl halides is 5. The minimum Gasteiger partial charge on any atom is -0.426 e. The predicted octanol–water partition coefficient (Wildman–Crippen LogP) is 4.20. The molecule has 47 heavy (non-hydrogen) atoms. The highest BCUT2D eigenvalue weighted by Crippen LogP contribution is 2.44. The summed E-state index contributed by atoms with van der Waals surface area (Å²) in [5.74, 6) is -4.23. The molecule has 3 fully saturated rings. The number of amides is 2. The largest absolute Gasteiger partial charge is 0.426 e. The van der Waals surface area contributed by atoms with Gasteiger partial charge in [0.2, 0.25) is 23.6 Å². The van der Waals surface area contributed by atoms with Gasteiger partial charge >= 0.3 is 6.18 Å². The quantitative estimate of drug-likeness (QED) is 0.248. The summed E-state index contributed by atoms with van der Waals surface area (Å²) < 4.78 is 81.0. The lowest BCUT2D eigenvalue weighted by Gasteiger charge is -2.33. The van der Waals surface area contributed by atoms with Gasteiger partial charge in [0.1, 0.15) is 11.7 Å². The van der Waals surface area contributed by atoms with Crippen LogP contribution in [0.25, 0.3) is 5.65 Å².